The molecule has 1 aromatic rings. The van der Waals surface area contributed by atoms with Crippen molar-refractivity contribution in [2.75, 3.05) is 19.4 Å². The van der Waals surface area contributed by atoms with Gasteiger partial charge in [-0.2, -0.15) is 0 Å². The van der Waals surface area contributed by atoms with Crippen LogP contribution in [0.2, 0.25) is 5.02 Å². The minimum atomic E-state index is -1.11. The predicted molar refractivity (Wildman–Crippen MR) is 78.7 cm³/mol. The number of benzene rings is 1. The van der Waals surface area contributed by atoms with Gasteiger partial charge in [-0.05, 0) is 25.1 Å². The zero-order valence-corrected chi connectivity index (χ0v) is 12.6. The van der Waals surface area contributed by atoms with Gasteiger partial charge in [0.25, 0.3) is 0 Å². The van der Waals surface area contributed by atoms with Crippen LogP contribution in [0.15, 0.2) is 18.2 Å². The first-order valence-corrected chi connectivity index (χ1v) is 6.41. The topological polar surface area (TPSA) is 98.7 Å². The Hall–Kier alpha value is -2.28. The third-order valence-corrected chi connectivity index (χ3v) is 2.94. The van der Waals surface area contributed by atoms with Gasteiger partial charge in [0, 0.05) is 14.1 Å². The number of carbonyl (C=O) groups is 3. The van der Waals surface area contributed by atoms with E-state index in [1.165, 1.54) is 23.1 Å². The molecule has 114 valence electrons. The van der Waals surface area contributed by atoms with Crippen molar-refractivity contribution in [3.63, 3.8) is 0 Å². The van der Waals surface area contributed by atoms with E-state index in [9.17, 15) is 14.4 Å². The molecule has 1 unspecified atom stereocenters. The zero-order chi connectivity index (χ0) is 16.2. The third kappa shape index (κ3) is 4.64. The molecule has 0 saturated heterocycles. The Kier molecular flexibility index (Phi) is 5.54. The summed E-state index contributed by atoms with van der Waals surface area (Å²) in [6.07, 6.45) is 0. The average Bonchev–Trinajstić information content (AvgIpc) is 2.39. The maximum absolute atomic E-state index is 11.8. The lowest BCUT2D eigenvalue weighted by Gasteiger charge is -2.18. The number of carbonyl (C=O) groups excluding carboxylic acids is 2. The van der Waals surface area contributed by atoms with E-state index in [-0.39, 0.29) is 22.2 Å². The van der Waals surface area contributed by atoms with Crippen LogP contribution >= 0.6 is 11.6 Å². The highest BCUT2D eigenvalue weighted by Crippen LogP contribution is 2.23. The summed E-state index contributed by atoms with van der Waals surface area (Å²) in [7, 11) is 3.17. The van der Waals surface area contributed by atoms with Gasteiger partial charge in [0.15, 0.2) is 0 Å². The molecular weight excluding hydrogens is 298 g/mol. The van der Waals surface area contributed by atoms with Crippen LogP contribution in [0.25, 0.3) is 0 Å². The largest absolute Gasteiger partial charge is 0.478 e. The Balaban J connectivity index is 2.71. The van der Waals surface area contributed by atoms with Crippen LogP contribution in [-0.4, -0.2) is 48.1 Å². The number of rotatable bonds is 4. The van der Waals surface area contributed by atoms with Gasteiger partial charge in [-0.15, -0.1) is 0 Å². The van der Waals surface area contributed by atoms with Crippen molar-refractivity contribution in [3.8, 4) is 0 Å². The molecule has 0 bridgehead atoms. The van der Waals surface area contributed by atoms with E-state index >= 15 is 0 Å². The maximum atomic E-state index is 11.8. The first-order chi connectivity index (χ1) is 9.72. The van der Waals surface area contributed by atoms with Crippen molar-refractivity contribution in [2.45, 2.75) is 13.0 Å². The first kappa shape index (κ1) is 16.8. The Labute approximate surface area is 126 Å². The number of nitrogens with zero attached hydrogens (tertiary/aromatic N) is 1. The number of amides is 3. The molecular formula is C13H16ClN3O4. The van der Waals surface area contributed by atoms with Crippen molar-refractivity contribution in [1.29, 1.82) is 0 Å². The van der Waals surface area contributed by atoms with E-state index in [0.29, 0.717) is 0 Å². The van der Waals surface area contributed by atoms with Crippen LogP contribution in [0.1, 0.15) is 17.3 Å². The summed E-state index contributed by atoms with van der Waals surface area (Å²) in [5, 5.41) is 13.8. The van der Waals surface area contributed by atoms with Crippen molar-refractivity contribution in [2.24, 2.45) is 0 Å². The van der Waals surface area contributed by atoms with E-state index in [2.05, 4.69) is 10.6 Å². The molecule has 0 radical (unpaired) electrons. The van der Waals surface area contributed by atoms with Gasteiger partial charge in [-0.25, -0.2) is 9.59 Å². The van der Waals surface area contributed by atoms with Crippen LogP contribution < -0.4 is 10.6 Å². The molecule has 0 aromatic heterocycles. The van der Waals surface area contributed by atoms with E-state index in [1.807, 2.05) is 0 Å². The molecule has 0 aliphatic rings. The van der Waals surface area contributed by atoms with Gasteiger partial charge in [0.2, 0.25) is 5.91 Å². The second kappa shape index (κ2) is 6.94. The second-order valence-electron chi connectivity index (χ2n) is 4.55. The lowest BCUT2D eigenvalue weighted by molar-refractivity contribution is -0.130. The van der Waals surface area contributed by atoms with Gasteiger partial charge in [-0.1, -0.05) is 11.6 Å². The number of carboxylic acids is 1. The Morgan fingerprint density at radius 2 is 1.90 bits per heavy atom. The highest BCUT2D eigenvalue weighted by atomic mass is 35.5. The first-order valence-electron chi connectivity index (χ1n) is 6.04. The number of halogens is 1. The van der Waals surface area contributed by atoms with Gasteiger partial charge in [0.1, 0.15) is 6.04 Å². The quantitative estimate of drug-likeness (QED) is 0.787. The maximum Gasteiger partial charge on any atom is 0.335 e. The smallest absolute Gasteiger partial charge is 0.335 e. The highest BCUT2D eigenvalue weighted by molar-refractivity contribution is 6.34. The summed E-state index contributed by atoms with van der Waals surface area (Å²) < 4.78 is 0. The molecule has 3 N–H and O–H groups in total. The van der Waals surface area contributed by atoms with Crippen LogP contribution in [0.3, 0.4) is 0 Å². The van der Waals surface area contributed by atoms with E-state index in [1.54, 1.807) is 21.0 Å². The monoisotopic (exact) mass is 313 g/mol. The van der Waals surface area contributed by atoms with E-state index in [0.717, 1.165) is 0 Å². The molecule has 21 heavy (non-hydrogen) atoms. The summed E-state index contributed by atoms with van der Waals surface area (Å²) in [5.74, 6) is -1.37. The summed E-state index contributed by atoms with van der Waals surface area (Å²) in [5.41, 5.74) is 0.269. The second-order valence-corrected chi connectivity index (χ2v) is 4.96. The Morgan fingerprint density at radius 1 is 1.29 bits per heavy atom. The lowest BCUT2D eigenvalue weighted by Crippen LogP contribution is -2.45. The number of carboxylic acid groups (broad SMARTS) is 1. The fourth-order valence-corrected chi connectivity index (χ4v) is 1.78. The molecule has 8 heteroatoms. The molecule has 1 atom stereocenters. The number of anilines is 1. The summed E-state index contributed by atoms with van der Waals surface area (Å²) >= 11 is 5.89. The summed E-state index contributed by atoms with van der Waals surface area (Å²) in [6.45, 7) is 1.55. The Bertz CT molecular complexity index is 575. The van der Waals surface area contributed by atoms with Crippen molar-refractivity contribution < 1.29 is 19.5 Å². The highest BCUT2D eigenvalue weighted by Gasteiger charge is 2.17. The van der Waals surface area contributed by atoms with Gasteiger partial charge in [-0.3, -0.25) is 4.79 Å². The van der Waals surface area contributed by atoms with Gasteiger partial charge < -0.3 is 20.6 Å². The van der Waals surface area contributed by atoms with Gasteiger partial charge >= 0.3 is 12.0 Å². The molecule has 0 saturated carbocycles. The van der Waals surface area contributed by atoms with Crippen LogP contribution in [0.4, 0.5) is 10.5 Å². The van der Waals surface area contributed by atoms with Crippen molar-refractivity contribution in [3.05, 3.63) is 28.8 Å². The number of nitrogens with one attached hydrogen (secondary N) is 2. The van der Waals surface area contributed by atoms with Crippen LogP contribution in [0, 0.1) is 0 Å². The number of urea groups is 1. The molecule has 0 spiro atoms. The lowest BCUT2D eigenvalue weighted by atomic mass is 10.2. The van der Waals surface area contributed by atoms with Crippen LogP contribution in [-0.2, 0) is 4.79 Å². The number of hydrogen-bond donors (Lipinski definition) is 3. The van der Waals surface area contributed by atoms with Crippen molar-refractivity contribution in [1.82, 2.24) is 10.2 Å². The predicted octanol–water partition coefficient (Wildman–Crippen LogP) is 1.64. The Morgan fingerprint density at radius 3 is 2.38 bits per heavy atom. The molecule has 0 aliphatic heterocycles. The molecule has 0 heterocycles. The molecule has 3 amide bonds. The minimum absolute atomic E-state index is 0.0158. The third-order valence-electron chi connectivity index (χ3n) is 2.62. The van der Waals surface area contributed by atoms with E-state index in [4.69, 9.17) is 16.7 Å². The summed E-state index contributed by atoms with van der Waals surface area (Å²) in [6, 6.07) is 2.62. The SMILES string of the molecule is CC(NC(=O)Nc1ccc(C(=O)O)cc1Cl)C(=O)N(C)C. The van der Waals surface area contributed by atoms with Crippen molar-refractivity contribution >= 4 is 35.2 Å². The number of hydrogen-bond acceptors (Lipinski definition) is 3. The fourth-order valence-electron chi connectivity index (χ4n) is 1.55. The minimum Gasteiger partial charge on any atom is -0.478 e. The standard InChI is InChI=1S/C13H16ClN3O4/c1-7(11(18)17(2)3)15-13(21)16-10-5-4-8(12(19)20)6-9(10)14/h4-7H,1-3H3,(H,19,20)(H2,15,16,21). The summed E-state index contributed by atoms with van der Waals surface area (Å²) in [4.78, 5) is 35.5. The van der Waals surface area contributed by atoms with E-state index < -0.39 is 18.0 Å². The van der Waals surface area contributed by atoms with Crippen LogP contribution in [0.5, 0.6) is 0 Å². The van der Waals surface area contributed by atoms with Gasteiger partial charge in [0.05, 0.1) is 16.3 Å². The molecule has 0 aliphatic carbocycles. The molecule has 7 nitrogen and oxygen atoms in total. The normalized spacial score (nSPS) is 11.4. The average molecular weight is 314 g/mol. The number of aromatic carboxylic acids is 1. The molecule has 0 fully saturated rings. The fraction of sp³-hybridized carbons (Fsp3) is 0.308. The molecule has 1 aromatic carbocycles. The molecule has 1 rings (SSSR count). The number of likely N-dealkylation sites (N-methyl/N-ethyl adjacent to an activating group) is 1. The zero-order valence-electron chi connectivity index (χ0n) is 11.8.